The van der Waals surface area contributed by atoms with Crippen LogP contribution in [0.3, 0.4) is 0 Å². The SMILES string of the molecule is CCOC(=O)C(Cl)Cc1cc(-n2nc(C)n(C(F)F)c2=O)c(F)cc1Cl.Nc1c([N+](=O)[O-])ccc(Oc2ccccc2)c1Cl.O=C(O)CNCP(=O)(O)O. The van der Waals surface area contributed by atoms with E-state index < -0.39 is 60.7 Å². The van der Waals surface area contributed by atoms with Gasteiger partial charge in [-0.2, -0.15) is 13.5 Å². The maximum Gasteiger partial charge on any atom is 0.355 e. The van der Waals surface area contributed by atoms with Crippen molar-refractivity contribution in [1.29, 1.82) is 0 Å². The molecule has 0 aliphatic rings. The predicted molar refractivity (Wildman–Crippen MR) is 190 cm³/mol. The molecule has 1 atom stereocenters. The summed E-state index contributed by atoms with van der Waals surface area (Å²) in [5, 5.41) is 23.3. The Morgan fingerprint density at radius 2 is 1.78 bits per heavy atom. The maximum atomic E-state index is 14.2. The fraction of sp³-hybridized carbons (Fsp3) is 0.267. The molecule has 0 fully saturated rings. The smallest absolute Gasteiger partial charge is 0.355 e. The molecule has 294 valence electrons. The van der Waals surface area contributed by atoms with Gasteiger partial charge in [0, 0.05) is 17.5 Å². The van der Waals surface area contributed by atoms with Crippen molar-refractivity contribution in [3.05, 3.63) is 102 Å². The monoisotopic (exact) mass is 844 g/mol. The Labute approximate surface area is 318 Å². The molecule has 1 unspecified atom stereocenters. The Kier molecular flexibility index (Phi) is 17.4. The fourth-order valence-corrected chi connectivity index (χ4v) is 5.05. The van der Waals surface area contributed by atoms with Crippen molar-refractivity contribution in [3.63, 3.8) is 0 Å². The minimum Gasteiger partial charge on any atom is -0.480 e. The first-order valence-electron chi connectivity index (χ1n) is 14.9. The molecular weight excluding hydrogens is 815 g/mol. The highest BCUT2D eigenvalue weighted by atomic mass is 35.5. The summed E-state index contributed by atoms with van der Waals surface area (Å²) in [7, 11) is -4.10. The molecule has 6 N–H and O–H groups in total. The standard InChI is InChI=1S/C15H14Cl2F3N3O3.C12H9ClN2O3.C3H8NO5P/c1-3-26-13(24)10(17)4-8-5-12(11(18)6-9(8)16)23-15(25)22(14(19)20)7(2)21-23;13-11-10(18-8-4-2-1-3-5-8)7-6-9(12(11)14)15(16)17;5-3(6)1-4-2-10(7,8)9/h5-6,10,14H,3-4H2,1-2H3;1-7H,14H2;4H,1-2H2,(H,5,6)(H2,7,8,9). The van der Waals surface area contributed by atoms with Crippen LogP contribution < -0.4 is 21.5 Å². The van der Waals surface area contributed by atoms with Crippen molar-refractivity contribution >= 4 is 65.7 Å². The van der Waals surface area contributed by atoms with Crippen LogP contribution in [0.25, 0.3) is 5.69 Å². The molecule has 4 aromatic rings. The van der Waals surface area contributed by atoms with Gasteiger partial charge in [0.05, 0.1) is 24.4 Å². The van der Waals surface area contributed by atoms with Crippen LogP contribution in [0.4, 0.5) is 24.5 Å². The number of aromatic nitrogens is 3. The number of nitrogens with one attached hydrogen (secondary N) is 1. The van der Waals surface area contributed by atoms with Crippen LogP contribution in [0, 0.1) is 22.9 Å². The molecule has 3 aromatic carbocycles. The van der Waals surface area contributed by atoms with E-state index in [0.717, 1.165) is 12.1 Å². The zero-order chi connectivity index (χ0) is 40.9. The number of anilines is 1. The summed E-state index contributed by atoms with van der Waals surface area (Å²) in [5.74, 6) is -2.21. The van der Waals surface area contributed by atoms with Gasteiger partial charge in [-0.25, -0.2) is 13.8 Å². The lowest BCUT2D eigenvalue weighted by Gasteiger charge is -2.12. The van der Waals surface area contributed by atoms with E-state index in [1.165, 1.54) is 19.1 Å². The number of carboxylic acid groups (broad SMARTS) is 1. The third-order valence-corrected chi connectivity index (χ3v) is 8.05. The van der Waals surface area contributed by atoms with Crippen LogP contribution in [0.1, 0.15) is 24.9 Å². The molecular formula is C30H31Cl3F3N6O11P. The first-order chi connectivity index (χ1) is 25.2. The van der Waals surface area contributed by atoms with Crippen LogP contribution in [-0.4, -0.2) is 70.9 Å². The second kappa shape index (κ2) is 20.7. The van der Waals surface area contributed by atoms with Gasteiger partial charge < -0.3 is 30.1 Å². The number of aliphatic carboxylic acids is 1. The van der Waals surface area contributed by atoms with E-state index in [-0.39, 0.29) is 61.8 Å². The lowest BCUT2D eigenvalue weighted by atomic mass is 10.1. The minimum absolute atomic E-state index is 0.0352. The van der Waals surface area contributed by atoms with Gasteiger partial charge in [0.25, 0.3) is 5.69 Å². The van der Waals surface area contributed by atoms with Gasteiger partial charge in [-0.05, 0) is 49.7 Å². The van der Waals surface area contributed by atoms with Crippen LogP contribution in [0.5, 0.6) is 11.5 Å². The Hall–Kier alpha value is -4.69. The molecule has 1 aromatic heterocycles. The summed E-state index contributed by atoms with van der Waals surface area (Å²) >= 11 is 17.8. The number of aryl methyl sites for hydroxylation is 1. The third kappa shape index (κ3) is 13.6. The van der Waals surface area contributed by atoms with Crippen molar-refractivity contribution in [2.24, 2.45) is 0 Å². The van der Waals surface area contributed by atoms with Gasteiger partial charge in [0.2, 0.25) is 0 Å². The highest BCUT2D eigenvalue weighted by molar-refractivity contribution is 7.51. The molecule has 4 rings (SSSR count). The number of alkyl halides is 3. The second-order valence-electron chi connectivity index (χ2n) is 10.3. The number of benzene rings is 3. The van der Waals surface area contributed by atoms with Crippen molar-refractivity contribution in [1.82, 2.24) is 19.7 Å². The summed E-state index contributed by atoms with van der Waals surface area (Å²) in [6.07, 6.45) is -0.713. The molecule has 0 saturated heterocycles. The Morgan fingerprint density at radius 1 is 1.15 bits per heavy atom. The number of rotatable bonds is 13. The van der Waals surface area contributed by atoms with Crippen LogP contribution in [0.15, 0.2) is 59.4 Å². The van der Waals surface area contributed by atoms with Crippen molar-refractivity contribution in [2.75, 3.05) is 25.2 Å². The second-order valence-corrected chi connectivity index (χ2v) is 13.3. The number of nitro groups is 1. The average molecular weight is 846 g/mol. The largest absolute Gasteiger partial charge is 0.480 e. The van der Waals surface area contributed by atoms with Crippen LogP contribution in [0.2, 0.25) is 10.0 Å². The molecule has 24 heteroatoms. The predicted octanol–water partition coefficient (Wildman–Crippen LogP) is 5.66. The number of esters is 1. The summed E-state index contributed by atoms with van der Waals surface area (Å²) in [6.45, 7) is -0.635. The molecule has 0 aliphatic heterocycles. The number of nitro benzene ring substituents is 1. The van der Waals surface area contributed by atoms with Gasteiger partial charge >= 0.3 is 31.8 Å². The van der Waals surface area contributed by atoms with Crippen LogP contribution >= 0.6 is 42.4 Å². The highest BCUT2D eigenvalue weighted by Gasteiger charge is 2.24. The number of carbonyl (C=O) groups is 2. The summed E-state index contributed by atoms with van der Waals surface area (Å²) < 4.78 is 61.0. The zero-order valence-electron chi connectivity index (χ0n) is 27.9. The quantitative estimate of drug-likeness (QED) is 0.0272. The first kappa shape index (κ1) is 45.5. The number of hydrogen-bond donors (Lipinski definition) is 5. The number of hydrogen-bond acceptors (Lipinski definition) is 11. The van der Waals surface area contributed by atoms with Gasteiger partial charge in [-0.3, -0.25) is 29.6 Å². The normalized spacial score (nSPS) is 11.5. The Balaban J connectivity index is 0.000000311. The topological polar surface area (TPSA) is 251 Å². The van der Waals surface area contributed by atoms with Crippen molar-refractivity contribution in [3.8, 4) is 17.2 Å². The Bertz CT molecular complexity index is 2050. The van der Waals surface area contributed by atoms with Crippen LogP contribution in [-0.2, 0) is 25.3 Å². The molecule has 54 heavy (non-hydrogen) atoms. The number of carbonyl (C=O) groups excluding carboxylic acids is 1. The van der Waals surface area contributed by atoms with E-state index in [1.54, 1.807) is 31.2 Å². The first-order valence-corrected chi connectivity index (χ1v) is 17.8. The molecule has 0 spiro atoms. The summed E-state index contributed by atoms with van der Waals surface area (Å²) in [6, 6.07) is 13.7. The van der Waals surface area contributed by atoms with Gasteiger partial charge in [0.15, 0.2) is 5.82 Å². The average Bonchev–Trinajstić information content (AvgIpc) is 3.37. The number of halogens is 6. The zero-order valence-corrected chi connectivity index (χ0v) is 31.0. The molecule has 0 bridgehead atoms. The fourth-order valence-electron chi connectivity index (χ4n) is 3.99. The van der Waals surface area contributed by atoms with Gasteiger partial charge in [-0.15, -0.1) is 16.7 Å². The molecule has 1 heterocycles. The van der Waals surface area contributed by atoms with Gasteiger partial charge in [0.1, 0.15) is 39.1 Å². The lowest BCUT2D eigenvalue weighted by molar-refractivity contribution is -0.383. The van der Waals surface area contributed by atoms with Gasteiger partial charge in [-0.1, -0.05) is 41.4 Å². The summed E-state index contributed by atoms with van der Waals surface area (Å²) in [4.78, 5) is 59.9. The number of ether oxygens (including phenoxy) is 2. The highest BCUT2D eigenvalue weighted by Crippen LogP contribution is 2.39. The molecule has 17 nitrogen and oxygen atoms in total. The lowest BCUT2D eigenvalue weighted by Crippen LogP contribution is -2.25. The van der Waals surface area contributed by atoms with Crippen molar-refractivity contribution in [2.45, 2.75) is 32.2 Å². The van der Waals surface area contributed by atoms with Crippen molar-refractivity contribution < 1.29 is 56.6 Å². The Morgan fingerprint density at radius 3 is 2.30 bits per heavy atom. The third-order valence-electron chi connectivity index (χ3n) is 6.34. The maximum absolute atomic E-state index is 14.2. The number of nitrogen functional groups attached to an aromatic ring is 1. The van der Waals surface area contributed by atoms with E-state index in [1.807, 2.05) is 6.07 Å². The number of para-hydroxylation sites is 1. The minimum atomic E-state index is -4.10. The number of carboxylic acids is 1. The molecule has 0 aliphatic carbocycles. The van der Waals surface area contributed by atoms with E-state index in [4.69, 9.17) is 64.9 Å². The van der Waals surface area contributed by atoms with E-state index in [9.17, 15) is 42.2 Å². The van der Waals surface area contributed by atoms with E-state index in [2.05, 4.69) is 10.4 Å². The summed E-state index contributed by atoms with van der Waals surface area (Å²) in [5.41, 5.74) is 3.88. The molecule has 0 radical (unpaired) electrons. The van der Waals surface area contributed by atoms with E-state index in [0.29, 0.717) is 10.4 Å². The molecule has 0 saturated carbocycles. The number of nitrogens with two attached hydrogens (primary N) is 1. The van der Waals surface area contributed by atoms with E-state index >= 15 is 0 Å². The molecule has 0 amide bonds. The number of nitrogens with zero attached hydrogens (tertiary/aromatic N) is 4.